The summed E-state index contributed by atoms with van der Waals surface area (Å²) in [6.45, 7) is 3.38. The first kappa shape index (κ1) is 15.6. The lowest BCUT2D eigenvalue weighted by atomic mass is 10.1. The molecular weight excluding hydrogens is 286 g/mol. The van der Waals surface area contributed by atoms with E-state index in [4.69, 9.17) is 5.41 Å². The van der Waals surface area contributed by atoms with E-state index in [9.17, 15) is 5.11 Å². The molecule has 1 aromatic heterocycles. The number of para-hydroxylation sites is 2. The number of aromatic nitrogens is 2. The number of hydrogen-bond donors (Lipinski definition) is 2. The molecule has 0 bridgehead atoms. The second kappa shape index (κ2) is 6.84. The van der Waals surface area contributed by atoms with Gasteiger partial charge in [-0.3, -0.25) is 5.41 Å². The average molecular weight is 309 g/mol. The normalized spacial score (nSPS) is 12.6. The van der Waals surface area contributed by atoms with Crippen molar-refractivity contribution in [2.24, 2.45) is 0 Å². The molecule has 0 spiro atoms. The number of aryl methyl sites for hydroxylation is 1. The molecule has 1 heterocycles. The summed E-state index contributed by atoms with van der Waals surface area (Å²) in [5.74, 6) is 0. The molecule has 0 radical (unpaired) electrons. The number of aliphatic hydroxyl groups is 1. The van der Waals surface area contributed by atoms with E-state index in [0.29, 0.717) is 12.2 Å². The lowest BCUT2D eigenvalue weighted by Gasteiger charge is -2.12. The number of aliphatic hydroxyl groups excluding tert-OH is 1. The number of benzene rings is 2. The van der Waals surface area contributed by atoms with Crippen molar-refractivity contribution in [3.8, 4) is 0 Å². The molecule has 3 aromatic rings. The van der Waals surface area contributed by atoms with Crippen molar-refractivity contribution in [1.82, 2.24) is 9.13 Å². The molecule has 2 N–H and O–H groups in total. The Morgan fingerprint density at radius 1 is 0.957 bits per heavy atom. The Morgan fingerprint density at radius 2 is 1.57 bits per heavy atom. The van der Waals surface area contributed by atoms with Crippen molar-refractivity contribution in [1.29, 1.82) is 5.41 Å². The van der Waals surface area contributed by atoms with E-state index in [0.717, 1.165) is 36.0 Å². The van der Waals surface area contributed by atoms with Gasteiger partial charge in [0.05, 0.1) is 23.7 Å². The van der Waals surface area contributed by atoms with Crippen molar-refractivity contribution in [2.75, 3.05) is 0 Å². The van der Waals surface area contributed by atoms with Crippen molar-refractivity contribution >= 4 is 11.0 Å². The monoisotopic (exact) mass is 309 g/mol. The van der Waals surface area contributed by atoms with Gasteiger partial charge in [0.25, 0.3) is 0 Å². The fourth-order valence-electron chi connectivity index (χ4n) is 2.98. The van der Waals surface area contributed by atoms with Crippen molar-refractivity contribution < 1.29 is 5.11 Å². The van der Waals surface area contributed by atoms with Gasteiger partial charge in [0.15, 0.2) is 0 Å². The van der Waals surface area contributed by atoms with Crippen LogP contribution in [0.25, 0.3) is 11.0 Å². The molecular formula is C19H23N3O. The van der Waals surface area contributed by atoms with E-state index in [2.05, 4.69) is 13.0 Å². The first-order chi connectivity index (χ1) is 11.2. The van der Waals surface area contributed by atoms with Gasteiger partial charge in [-0.2, -0.15) is 0 Å². The second-order valence-corrected chi connectivity index (χ2v) is 5.85. The van der Waals surface area contributed by atoms with Gasteiger partial charge in [-0.05, 0) is 24.1 Å². The molecule has 0 aliphatic heterocycles. The Bertz CT molecular complexity index is 833. The summed E-state index contributed by atoms with van der Waals surface area (Å²) in [6, 6.07) is 17.7. The molecule has 0 aliphatic rings. The third-order valence-electron chi connectivity index (χ3n) is 4.25. The highest BCUT2D eigenvalue weighted by atomic mass is 16.3. The fraction of sp³-hybridized carbons (Fsp3) is 0.316. The Kier molecular flexibility index (Phi) is 4.63. The number of nitrogens with zero attached hydrogens (tertiary/aromatic N) is 2. The SMILES string of the molecule is CCCCn1c(=N)n(C[C@H](O)c2ccccc2)c2ccccc21. The fourth-order valence-corrected chi connectivity index (χ4v) is 2.98. The number of imidazole rings is 1. The third kappa shape index (κ3) is 3.08. The molecule has 4 heteroatoms. The van der Waals surface area contributed by atoms with Gasteiger partial charge in [-0.15, -0.1) is 0 Å². The van der Waals surface area contributed by atoms with E-state index >= 15 is 0 Å². The van der Waals surface area contributed by atoms with Crippen LogP contribution in [0.5, 0.6) is 0 Å². The summed E-state index contributed by atoms with van der Waals surface area (Å²) in [7, 11) is 0. The van der Waals surface area contributed by atoms with E-state index < -0.39 is 6.10 Å². The Balaban J connectivity index is 2.00. The van der Waals surface area contributed by atoms with Crippen LogP contribution in [-0.4, -0.2) is 14.2 Å². The molecule has 0 fully saturated rings. The topological polar surface area (TPSA) is 53.9 Å². The number of hydrogen-bond acceptors (Lipinski definition) is 2. The molecule has 0 amide bonds. The van der Waals surface area contributed by atoms with Crippen LogP contribution in [0.1, 0.15) is 31.4 Å². The minimum atomic E-state index is -0.615. The molecule has 0 aliphatic carbocycles. The summed E-state index contributed by atoms with van der Waals surface area (Å²) in [4.78, 5) is 0. The van der Waals surface area contributed by atoms with E-state index in [1.165, 1.54) is 0 Å². The van der Waals surface area contributed by atoms with Gasteiger partial charge in [-0.1, -0.05) is 55.8 Å². The van der Waals surface area contributed by atoms with Crippen molar-refractivity contribution in [3.05, 3.63) is 65.8 Å². The third-order valence-corrected chi connectivity index (χ3v) is 4.25. The predicted octanol–water partition coefficient (Wildman–Crippen LogP) is 3.46. The average Bonchev–Trinajstić information content (AvgIpc) is 2.86. The molecule has 4 nitrogen and oxygen atoms in total. The van der Waals surface area contributed by atoms with Crippen LogP contribution >= 0.6 is 0 Å². The molecule has 0 saturated heterocycles. The van der Waals surface area contributed by atoms with Gasteiger partial charge < -0.3 is 14.2 Å². The number of rotatable bonds is 6. The van der Waals surface area contributed by atoms with Gasteiger partial charge in [0, 0.05) is 6.54 Å². The highest BCUT2D eigenvalue weighted by Gasteiger charge is 2.14. The summed E-state index contributed by atoms with van der Waals surface area (Å²) < 4.78 is 3.94. The van der Waals surface area contributed by atoms with Gasteiger partial charge in [-0.25, -0.2) is 0 Å². The lowest BCUT2D eigenvalue weighted by molar-refractivity contribution is 0.155. The second-order valence-electron chi connectivity index (χ2n) is 5.85. The number of unbranched alkanes of at least 4 members (excludes halogenated alkanes) is 1. The van der Waals surface area contributed by atoms with Crippen LogP contribution in [0.2, 0.25) is 0 Å². The smallest absolute Gasteiger partial charge is 0.203 e. The van der Waals surface area contributed by atoms with Crippen LogP contribution in [0.4, 0.5) is 0 Å². The van der Waals surface area contributed by atoms with Crippen LogP contribution < -0.4 is 5.62 Å². The Labute approximate surface area is 136 Å². The molecule has 3 rings (SSSR count). The van der Waals surface area contributed by atoms with E-state index in [1.54, 1.807) is 0 Å². The zero-order chi connectivity index (χ0) is 16.2. The molecule has 2 aromatic carbocycles. The molecule has 0 saturated carbocycles. The Hall–Kier alpha value is -2.33. The molecule has 0 unspecified atom stereocenters. The minimum absolute atomic E-state index is 0.391. The predicted molar refractivity (Wildman–Crippen MR) is 92.1 cm³/mol. The first-order valence-corrected chi connectivity index (χ1v) is 8.18. The van der Waals surface area contributed by atoms with Crippen molar-refractivity contribution in [3.63, 3.8) is 0 Å². The van der Waals surface area contributed by atoms with Crippen LogP contribution in [0.15, 0.2) is 54.6 Å². The first-order valence-electron chi connectivity index (χ1n) is 8.18. The maximum Gasteiger partial charge on any atom is 0.203 e. The zero-order valence-electron chi connectivity index (χ0n) is 13.4. The maximum absolute atomic E-state index is 10.5. The number of nitrogens with one attached hydrogen (secondary N) is 1. The van der Waals surface area contributed by atoms with Crippen LogP contribution in [0, 0.1) is 5.41 Å². The molecule has 23 heavy (non-hydrogen) atoms. The summed E-state index contributed by atoms with van der Waals surface area (Å²) in [5.41, 5.74) is 3.40. The van der Waals surface area contributed by atoms with E-state index in [1.807, 2.05) is 57.7 Å². The number of fused-ring (bicyclic) bond motifs is 1. The van der Waals surface area contributed by atoms with Gasteiger partial charge in [0.1, 0.15) is 0 Å². The standard InChI is InChI=1S/C19H23N3O/c1-2-3-13-21-16-11-7-8-12-17(16)22(19(21)20)14-18(23)15-9-5-4-6-10-15/h4-12,18,20,23H,2-3,13-14H2,1H3/t18-/m0/s1. The van der Waals surface area contributed by atoms with Gasteiger partial charge >= 0.3 is 0 Å². The lowest BCUT2D eigenvalue weighted by Crippen LogP contribution is -2.26. The maximum atomic E-state index is 10.5. The summed E-state index contributed by atoms with van der Waals surface area (Å²) in [5, 5.41) is 19.1. The van der Waals surface area contributed by atoms with Crippen LogP contribution in [0.3, 0.4) is 0 Å². The zero-order valence-corrected chi connectivity index (χ0v) is 13.4. The largest absolute Gasteiger partial charge is 0.387 e. The Morgan fingerprint density at radius 3 is 2.22 bits per heavy atom. The summed E-state index contributed by atoms with van der Waals surface area (Å²) in [6.07, 6.45) is 1.53. The van der Waals surface area contributed by atoms with E-state index in [-0.39, 0.29) is 0 Å². The van der Waals surface area contributed by atoms with Gasteiger partial charge in [0.2, 0.25) is 5.62 Å². The van der Waals surface area contributed by atoms with Crippen LogP contribution in [-0.2, 0) is 13.1 Å². The highest BCUT2D eigenvalue weighted by molar-refractivity contribution is 5.75. The minimum Gasteiger partial charge on any atom is -0.387 e. The quantitative estimate of drug-likeness (QED) is 0.720. The molecule has 1 atom stereocenters. The molecule has 120 valence electrons. The van der Waals surface area contributed by atoms with Crippen molar-refractivity contribution in [2.45, 2.75) is 39.0 Å². The highest BCUT2D eigenvalue weighted by Crippen LogP contribution is 2.18. The summed E-state index contributed by atoms with van der Waals surface area (Å²) >= 11 is 0.